The Morgan fingerprint density at radius 1 is 1.30 bits per heavy atom. The number of methoxy groups -OCH3 is 1. The fraction of sp³-hybridized carbons (Fsp3) is 0.353. The third-order valence-electron chi connectivity index (χ3n) is 3.51. The van der Waals surface area contributed by atoms with E-state index in [0.717, 1.165) is 19.3 Å². The summed E-state index contributed by atoms with van der Waals surface area (Å²) in [6.45, 7) is 2.08. The number of rotatable bonds is 7. The number of esters is 1. The lowest BCUT2D eigenvalue weighted by Crippen LogP contribution is -2.11. The van der Waals surface area contributed by atoms with E-state index in [1.54, 1.807) is 24.3 Å². The molecule has 0 fully saturated rings. The van der Waals surface area contributed by atoms with Gasteiger partial charge in [0.05, 0.1) is 12.7 Å². The van der Waals surface area contributed by atoms with Gasteiger partial charge in [0.15, 0.2) is 5.78 Å². The molecule has 0 aliphatic rings. The van der Waals surface area contributed by atoms with E-state index in [9.17, 15) is 9.59 Å². The first-order chi connectivity index (χ1) is 11.1. The van der Waals surface area contributed by atoms with E-state index >= 15 is 0 Å². The molecule has 2 rings (SSSR count). The van der Waals surface area contributed by atoms with Gasteiger partial charge in [0.1, 0.15) is 16.7 Å². The lowest BCUT2D eigenvalue weighted by Gasteiger charge is -2.06. The third kappa shape index (κ3) is 4.20. The molecular formula is C17H19ClN2O3. The van der Waals surface area contributed by atoms with Gasteiger partial charge < -0.3 is 9.72 Å². The maximum Gasteiger partial charge on any atom is 0.338 e. The molecule has 1 heterocycles. The van der Waals surface area contributed by atoms with Gasteiger partial charge in [0.2, 0.25) is 0 Å². The smallest absolute Gasteiger partial charge is 0.338 e. The fourth-order valence-electron chi connectivity index (χ4n) is 2.29. The number of aromatic amines is 1. The highest BCUT2D eigenvalue weighted by Crippen LogP contribution is 2.18. The van der Waals surface area contributed by atoms with Crippen LogP contribution in [0.1, 0.15) is 52.0 Å². The highest BCUT2D eigenvalue weighted by atomic mass is 35.5. The van der Waals surface area contributed by atoms with Crippen LogP contribution < -0.4 is 0 Å². The molecule has 0 bridgehead atoms. The quantitative estimate of drug-likeness (QED) is 0.620. The van der Waals surface area contributed by atoms with Crippen LogP contribution in [0.3, 0.4) is 0 Å². The van der Waals surface area contributed by atoms with Gasteiger partial charge >= 0.3 is 5.97 Å². The minimum absolute atomic E-state index is 0.0447. The maximum atomic E-state index is 12.5. The summed E-state index contributed by atoms with van der Waals surface area (Å²) < 4.78 is 4.74. The number of unbranched alkanes of at least 4 members (excludes halogenated alkanes) is 1. The Morgan fingerprint density at radius 2 is 2.04 bits per heavy atom. The molecule has 2 aromatic rings. The van der Waals surface area contributed by atoms with Gasteiger partial charge in [-0.15, -0.1) is 0 Å². The van der Waals surface area contributed by atoms with Crippen molar-refractivity contribution in [1.82, 2.24) is 9.97 Å². The predicted octanol–water partition coefficient (Wildman–Crippen LogP) is 3.62. The SMILES string of the molecule is CCCCc1nc(C(=O)Cc2ccccc2C(=O)OC)c(Cl)[nH]1. The van der Waals surface area contributed by atoms with Crippen molar-refractivity contribution in [3.8, 4) is 0 Å². The van der Waals surface area contributed by atoms with Crippen LogP contribution in [0.2, 0.25) is 5.15 Å². The molecule has 0 saturated heterocycles. The summed E-state index contributed by atoms with van der Waals surface area (Å²) in [5.41, 5.74) is 1.19. The van der Waals surface area contributed by atoms with E-state index in [4.69, 9.17) is 16.3 Å². The number of halogens is 1. The number of aromatic nitrogens is 2. The van der Waals surface area contributed by atoms with Crippen molar-refractivity contribution >= 4 is 23.4 Å². The van der Waals surface area contributed by atoms with Gasteiger partial charge in [-0.05, 0) is 18.1 Å². The number of benzene rings is 1. The van der Waals surface area contributed by atoms with Crippen molar-refractivity contribution in [2.45, 2.75) is 32.6 Å². The molecule has 6 heteroatoms. The molecule has 5 nitrogen and oxygen atoms in total. The fourth-order valence-corrected chi connectivity index (χ4v) is 2.54. The van der Waals surface area contributed by atoms with Crippen molar-refractivity contribution in [3.63, 3.8) is 0 Å². The average Bonchev–Trinajstić information content (AvgIpc) is 2.93. The van der Waals surface area contributed by atoms with Crippen LogP contribution in [0, 0.1) is 0 Å². The van der Waals surface area contributed by atoms with Crippen molar-refractivity contribution in [3.05, 3.63) is 52.1 Å². The first-order valence-electron chi connectivity index (χ1n) is 7.50. The number of ketones is 1. The van der Waals surface area contributed by atoms with Gasteiger partial charge in [0.25, 0.3) is 0 Å². The molecule has 23 heavy (non-hydrogen) atoms. The Labute approximate surface area is 140 Å². The Morgan fingerprint density at radius 3 is 2.74 bits per heavy atom. The first kappa shape index (κ1) is 17.2. The molecule has 0 amide bonds. The number of aryl methyl sites for hydroxylation is 1. The standard InChI is InChI=1S/C17H19ClN2O3/c1-3-4-9-14-19-15(16(18)20-14)13(21)10-11-7-5-6-8-12(11)17(22)23-2/h5-8H,3-4,9-10H2,1-2H3,(H,19,20). The second kappa shape index (κ2) is 7.92. The highest BCUT2D eigenvalue weighted by Gasteiger charge is 2.19. The van der Waals surface area contributed by atoms with Crippen LogP contribution in [-0.4, -0.2) is 28.8 Å². The number of nitrogens with one attached hydrogen (secondary N) is 1. The van der Waals surface area contributed by atoms with Gasteiger partial charge in [-0.1, -0.05) is 43.1 Å². The second-order valence-corrected chi connectivity index (χ2v) is 5.58. The third-order valence-corrected chi connectivity index (χ3v) is 3.79. The molecule has 1 aromatic carbocycles. The summed E-state index contributed by atoms with van der Waals surface area (Å²) in [7, 11) is 1.31. The monoisotopic (exact) mass is 334 g/mol. The number of carbonyl (C=O) groups excluding carboxylic acids is 2. The highest BCUT2D eigenvalue weighted by molar-refractivity contribution is 6.32. The van der Waals surface area contributed by atoms with Gasteiger partial charge in [0, 0.05) is 12.8 Å². The number of Topliss-reactive ketones (excluding diaryl/α,β-unsaturated/α-hetero) is 1. The summed E-state index contributed by atoms with van der Waals surface area (Å²) in [4.78, 5) is 31.4. The Balaban J connectivity index is 2.20. The molecule has 0 aliphatic heterocycles. The molecule has 122 valence electrons. The zero-order valence-electron chi connectivity index (χ0n) is 13.2. The van der Waals surface area contributed by atoms with Gasteiger partial charge in [-0.3, -0.25) is 4.79 Å². The Bertz CT molecular complexity index is 710. The van der Waals surface area contributed by atoms with Crippen LogP contribution in [-0.2, 0) is 17.6 Å². The Kier molecular flexibility index (Phi) is 5.93. The number of hydrogen-bond donors (Lipinski definition) is 1. The van der Waals surface area contributed by atoms with Crippen molar-refractivity contribution < 1.29 is 14.3 Å². The van der Waals surface area contributed by atoms with Crippen molar-refractivity contribution in [2.75, 3.05) is 7.11 Å². The second-order valence-electron chi connectivity index (χ2n) is 5.20. The summed E-state index contributed by atoms with van der Waals surface area (Å²) in [5.74, 6) is 0.0111. The number of ether oxygens (including phenoxy) is 1. The van der Waals surface area contributed by atoms with Gasteiger partial charge in [-0.25, -0.2) is 9.78 Å². The molecule has 0 aliphatic carbocycles. The number of H-pyrrole nitrogens is 1. The lowest BCUT2D eigenvalue weighted by atomic mass is 10.0. The predicted molar refractivity (Wildman–Crippen MR) is 88.0 cm³/mol. The van der Waals surface area contributed by atoms with Crippen LogP contribution in [0.25, 0.3) is 0 Å². The maximum absolute atomic E-state index is 12.5. The average molecular weight is 335 g/mol. The molecule has 0 unspecified atom stereocenters. The van der Waals surface area contributed by atoms with E-state index in [1.807, 2.05) is 0 Å². The van der Waals surface area contributed by atoms with Crippen LogP contribution in [0.15, 0.2) is 24.3 Å². The number of nitrogens with zero attached hydrogens (tertiary/aromatic N) is 1. The van der Waals surface area contributed by atoms with Crippen LogP contribution in [0.5, 0.6) is 0 Å². The normalized spacial score (nSPS) is 10.6. The number of carbonyl (C=O) groups is 2. The van der Waals surface area contributed by atoms with Crippen LogP contribution in [0.4, 0.5) is 0 Å². The van der Waals surface area contributed by atoms with E-state index in [0.29, 0.717) is 17.0 Å². The summed E-state index contributed by atoms with van der Waals surface area (Å²) in [6, 6.07) is 6.86. The summed E-state index contributed by atoms with van der Waals surface area (Å²) in [5, 5.41) is 0.247. The number of imidazole rings is 1. The van der Waals surface area contributed by atoms with E-state index in [1.165, 1.54) is 7.11 Å². The minimum atomic E-state index is -0.467. The Hall–Kier alpha value is -2.14. The molecule has 0 saturated carbocycles. The largest absolute Gasteiger partial charge is 0.465 e. The summed E-state index contributed by atoms with van der Waals surface area (Å²) >= 11 is 6.08. The topological polar surface area (TPSA) is 72.1 Å². The van der Waals surface area contributed by atoms with Crippen LogP contribution >= 0.6 is 11.6 Å². The lowest BCUT2D eigenvalue weighted by molar-refractivity contribution is 0.0599. The van der Waals surface area contributed by atoms with Crippen molar-refractivity contribution in [1.29, 1.82) is 0 Å². The molecule has 1 aromatic heterocycles. The molecule has 0 radical (unpaired) electrons. The molecule has 0 atom stereocenters. The van der Waals surface area contributed by atoms with E-state index < -0.39 is 5.97 Å². The molecule has 0 spiro atoms. The molecule has 1 N–H and O–H groups in total. The first-order valence-corrected chi connectivity index (χ1v) is 7.88. The zero-order chi connectivity index (χ0) is 16.8. The molecular weight excluding hydrogens is 316 g/mol. The van der Waals surface area contributed by atoms with Crippen molar-refractivity contribution in [2.24, 2.45) is 0 Å². The minimum Gasteiger partial charge on any atom is -0.465 e. The zero-order valence-corrected chi connectivity index (χ0v) is 13.9. The number of hydrogen-bond acceptors (Lipinski definition) is 4. The van der Waals surface area contributed by atoms with E-state index in [-0.39, 0.29) is 23.1 Å². The van der Waals surface area contributed by atoms with Gasteiger partial charge in [-0.2, -0.15) is 0 Å². The van der Waals surface area contributed by atoms with E-state index in [2.05, 4.69) is 16.9 Å². The summed E-state index contributed by atoms with van der Waals surface area (Å²) in [6.07, 6.45) is 2.81.